The third kappa shape index (κ3) is 3.68. The normalized spacial score (nSPS) is 22.5. The first-order valence-corrected chi connectivity index (χ1v) is 7.33. The van der Waals surface area contributed by atoms with Gasteiger partial charge in [0, 0.05) is 11.6 Å². The average Bonchev–Trinajstić information content (AvgIpc) is 2.48. The Balaban J connectivity index is 1.91. The van der Waals surface area contributed by atoms with Gasteiger partial charge in [-0.25, -0.2) is 0 Å². The van der Waals surface area contributed by atoms with Crippen LogP contribution < -0.4 is 0 Å². The lowest BCUT2D eigenvalue weighted by Crippen LogP contribution is -2.38. The number of rotatable bonds is 4. The number of Topliss-reactive ketones (excluding diaryl/α,β-unsaturated/α-hetero) is 1. The van der Waals surface area contributed by atoms with E-state index in [1.807, 2.05) is 7.05 Å². The Bertz CT molecular complexity index is 493. The van der Waals surface area contributed by atoms with Crippen LogP contribution in [0.4, 0.5) is 0 Å². The van der Waals surface area contributed by atoms with Crippen molar-refractivity contribution in [2.75, 3.05) is 13.6 Å². The average molecular weight is 270 g/mol. The molecule has 1 aromatic rings. The molecule has 106 valence electrons. The van der Waals surface area contributed by atoms with E-state index >= 15 is 0 Å². The molecular formula is C17H22N2O. The van der Waals surface area contributed by atoms with E-state index < -0.39 is 0 Å². The second-order valence-corrected chi connectivity index (χ2v) is 5.94. The van der Waals surface area contributed by atoms with Crippen molar-refractivity contribution in [3.05, 3.63) is 35.4 Å². The number of benzene rings is 1. The van der Waals surface area contributed by atoms with Crippen molar-refractivity contribution >= 4 is 5.78 Å². The molecule has 0 radical (unpaired) electrons. The van der Waals surface area contributed by atoms with Crippen LogP contribution in [-0.2, 0) is 0 Å². The summed E-state index contributed by atoms with van der Waals surface area (Å²) >= 11 is 0. The predicted molar refractivity (Wildman–Crippen MR) is 79.5 cm³/mol. The summed E-state index contributed by atoms with van der Waals surface area (Å²) in [5.41, 5.74) is 1.29. The largest absolute Gasteiger partial charge is 0.296 e. The lowest BCUT2D eigenvalue weighted by molar-refractivity contribution is 0.0889. The van der Waals surface area contributed by atoms with Crippen LogP contribution >= 0.6 is 0 Å². The molecule has 0 unspecified atom stereocenters. The number of nitriles is 1. The van der Waals surface area contributed by atoms with Crippen LogP contribution in [-0.4, -0.2) is 30.3 Å². The fraction of sp³-hybridized carbons (Fsp3) is 0.529. The van der Waals surface area contributed by atoms with Crippen molar-refractivity contribution in [3.63, 3.8) is 0 Å². The maximum atomic E-state index is 12.2. The van der Waals surface area contributed by atoms with Gasteiger partial charge in [-0.1, -0.05) is 19.1 Å². The van der Waals surface area contributed by atoms with Gasteiger partial charge >= 0.3 is 0 Å². The summed E-state index contributed by atoms with van der Waals surface area (Å²) in [5.74, 6) is 0.962. The zero-order valence-electron chi connectivity index (χ0n) is 12.3. The molecule has 1 aliphatic carbocycles. The van der Waals surface area contributed by atoms with E-state index in [0.717, 1.165) is 5.92 Å². The third-order valence-electron chi connectivity index (χ3n) is 4.34. The molecule has 3 heteroatoms. The van der Waals surface area contributed by atoms with E-state index in [1.54, 1.807) is 24.3 Å². The van der Waals surface area contributed by atoms with Gasteiger partial charge in [0.15, 0.2) is 5.78 Å². The molecule has 0 spiro atoms. The van der Waals surface area contributed by atoms with Crippen molar-refractivity contribution in [2.24, 2.45) is 5.92 Å². The molecule has 3 nitrogen and oxygen atoms in total. The van der Waals surface area contributed by atoms with Crippen LogP contribution in [0.25, 0.3) is 0 Å². The molecule has 0 N–H and O–H groups in total. The third-order valence-corrected chi connectivity index (χ3v) is 4.34. The molecular weight excluding hydrogens is 248 g/mol. The molecule has 0 atom stereocenters. The molecule has 0 aromatic heterocycles. The Morgan fingerprint density at radius 3 is 2.40 bits per heavy atom. The number of ketones is 1. The second-order valence-electron chi connectivity index (χ2n) is 5.94. The number of hydrogen-bond donors (Lipinski definition) is 0. The van der Waals surface area contributed by atoms with E-state index in [2.05, 4.69) is 17.9 Å². The van der Waals surface area contributed by atoms with Crippen LogP contribution in [0.2, 0.25) is 0 Å². The Morgan fingerprint density at radius 2 is 1.85 bits per heavy atom. The Morgan fingerprint density at radius 1 is 1.25 bits per heavy atom. The quantitative estimate of drug-likeness (QED) is 0.789. The lowest BCUT2D eigenvalue weighted by atomic mass is 9.86. The highest BCUT2D eigenvalue weighted by molar-refractivity contribution is 5.97. The number of nitrogens with zero attached hydrogens (tertiary/aromatic N) is 2. The Kier molecular flexibility index (Phi) is 4.92. The number of likely N-dealkylation sites (N-methyl/N-ethyl adjacent to an activating group) is 1. The molecule has 1 aliphatic rings. The van der Waals surface area contributed by atoms with Crippen LogP contribution in [0.3, 0.4) is 0 Å². The molecule has 2 rings (SSSR count). The summed E-state index contributed by atoms with van der Waals surface area (Å²) in [6.45, 7) is 2.77. The SMILES string of the molecule is CC1CCC(N(C)CC(=O)c2ccc(C#N)cc2)CC1. The molecule has 20 heavy (non-hydrogen) atoms. The van der Waals surface area contributed by atoms with Crippen molar-refractivity contribution in [2.45, 2.75) is 38.6 Å². The highest BCUT2D eigenvalue weighted by Crippen LogP contribution is 2.26. The van der Waals surface area contributed by atoms with E-state index in [4.69, 9.17) is 5.26 Å². The van der Waals surface area contributed by atoms with Gasteiger partial charge in [-0.2, -0.15) is 5.26 Å². The maximum Gasteiger partial charge on any atom is 0.176 e. The smallest absolute Gasteiger partial charge is 0.176 e. The van der Waals surface area contributed by atoms with E-state index in [-0.39, 0.29) is 5.78 Å². The summed E-state index contributed by atoms with van der Waals surface area (Å²) in [4.78, 5) is 14.4. The molecule has 0 amide bonds. The molecule has 1 aromatic carbocycles. The van der Waals surface area contributed by atoms with Crippen molar-refractivity contribution in [3.8, 4) is 6.07 Å². The molecule has 0 saturated heterocycles. The topological polar surface area (TPSA) is 44.1 Å². The second kappa shape index (κ2) is 6.67. The van der Waals surface area contributed by atoms with E-state index in [0.29, 0.717) is 23.7 Å². The van der Waals surface area contributed by atoms with Gasteiger partial charge in [0.1, 0.15) is 0 Å². The van der Waals surface area contributed by atoms with Gasteiger partial charge in [0.25, 0.3) is 0 Å². The van der Waals surface area contributed by atoms with Gasteiger partial charge in [-0.3, -0.25) is 9.69 Å². The lowest BCUT2D eigenvalue weighted by Gasteiger charge is -2.33. The minimum Gasteiger partial charge on any atom is -0.296 e. The van der Waals surface area contributed by atoms with Crippen molar-refractivity contribution < 1.29 is 4.79 Å². The van der Waals surface area contributed by atoms with Crippen LogP contribution in [0.1, 0.15) is 48.5 Å². The van der Waals surface area contributed by atoms with E-state index in [9.17, 15) is 4.79 Å². The minimum absolute atomic E-state index is 0.135. The predicted octanol–water partition coefficient (Wildman–Crippen LogP) is 3.25. The number of carbonyl (C=O) groups excluding carboxylic acids is 1. The van der Waals surface area contributed by atoms with Gasteiger partial charge in [0.2, 0.25) is 0 Å². The Hall–Kier alpha value is -1.66. The maximum absolute atomic E-state index is 12.2. The van der Waals surface area contributed by atoms with E-state index in [1.165, 1.54) is 25.7 Å². The Labute approximate surface area is 121 Å². The molecule has 0 heterocycles. The van der Waals surface area contributed by atoms with Crippen LogP contribution in [0, 0.1) is 17.2 Å². The summed E-state index contributed by atoms with van der Waals surface area (Å²) in [5, 5.41) is 8.76. The molecule has 0 aliphatic heterocycles. The summed E-state index contributed by atoms with van der Waals surface area (Å²) in [6, 6.07) is 9.51. The standard InChI is InChI=1S/C17H22N2O/c1-13-3-9-16(10-4-13)19(2)12-17(20)15-7-5-14(11-18)6-8-15/h5-8,13,16H,3-4,9-10,12H2,1-2H3. The molecule has 1 saturated carbocycles. The van der Waals surface area contributed by atoms with Gasteiger partial charge in [-0.05, 0) is 50.8 Å². The zero-order chi connectivity index (χ0) is 14.5. The van der Waals surface area contributed by atoms with Gasteiger partial charge < -0.3 is 0 Å². The zero-order valence-corrected chi connectivity index (χ0v) is 12.3. The highest BCUT2D eigenvalue weighted by Gasteiger charge is 2.23. The fourth-order valence-corrected chi connectivity index (χ4v) is 2.86. The van der Waals surface area contributed by atoms with Gasteiger partial charge in [0.05, 0.1) is 18.2 Å². The molecule has 0 bridgehead atoms. The first-order chi connectivity index (χ1) is 9.60. The number of hydrogen-bond acceptors (Lipinski definition) is 3. The van der Waals surface area contributed by atoms with Crippen LogP contribution in [0.5, 0.6) is 0 Å². The van der Waals surface area contributed by atoms with Crippen LogP contribution in [0.15, 0.2) is 24.3 Å². The summed E-state index contributed by atoms with van der Waals surface area (Å²) in [6.07, 6.45) is 4.91. The number of carbonyl (C=O) groups is 1. The van der Waals surface area contributed by atoms with Gasteiger partial charge in [-0.15, -0.1) is 0 Å². The minimum atomic E-state index is 0.135. The fourth-order valence-electron chi connectivity index (χ4n) is 2.86. The monoisotopic (exact) mass is 270 g/mol. The first kappa shape index (κ1) is 14.7. The van der Waals surface area contributed by atoms with Crippen molar-refractivity contribution in [1.82, 2.24) is 4.90 Å². The summed E-state index contributed by atoms with van der Waals surface area (Å²) in [7, 11) is 2.04. The molecule has 1 fully saturated rings. The summed E-state index contributed by atoms with van der Waals surface area (Å²) < 4.78 is 0. The van der Waals surface area contributed by atoms with Crippen molar-refractivity contribution in [1.29, 1.82) is 5.26 Å². The highest BCUT2D eigenvalue weighted by atomic mass is 16.1. The first-order valence-electron chi connectivity index (χ1n) is 7.33.